The Labute approximate surface area is 133 Å². The van der Waals surface area contributed by atoms with Crippen molar-refractivity contribution in [3.05, 3.63) is 29.8 Å². The minimum absolute atomic E-state index is 0.00125. The SMILES string of the molecule is Cc1ccccc1OCC(=O)NCC(C)(C)N1CCCCC1. The number of ether oxygens (including phenoxy) is 1. The van der Waals surface area contributed by atoms with Crippen LogP contribution in [0.4, 0.5) is 0 Å². The highest BCUT2D eigenvalue weighted by atomic mass is 16.5. The molecule has 0 saturated carbocycles. The van der Waals surface area contributed by atoms with Crippen LogP contribution in [-0.4, -0.2) is 42.6 Å². The molecule has 0 aromatic heterocycles. The number of aryl methyl sites for hydroxylation is 1. The van der Waals surface area contributed by atoms with Crippen molar-refractivity contribution in [2.75, 3.05) is 26.2 Å². The maximum atomic E-state index is 12.0. The highest BCUT2D eigenvalue weighted by Crippen LogP contribution is 2.20. The molecule has 1 aliphatic rings. The zero-order valence-corrected chi connectivity index (χ0v) is 14.0. The molecule has 1 aromatic rings. The van der Waals surface area contributed by atoms with Gasteiger partial charge in [-0.15, -0.1) is 0 Å². The van der Waals surface area contributed by atoms with E-state index in [0.717, 1.165) is 24.4 Å². The highest BCUT2D eigenvalue weighted by molar-refractivity contribution is 5.77. The maximum absolute atomic E-state index is 12.0. The van der Waals surface area contributed by atoms with Crippen LogP contribution in [0, 0.1) is 6.92 Å². The van der Waals surface area contributed by atoms with Gasteiger partial charge in [-0.2, -0.15) is 0 Å². The number of hydrogen-bond acceptors (Lipinski definition) is 3. The Kier molecular flexibility index (Phi) is 5.83. The molecule has 1 fully saturated rings. The molecule has 1 N–H and O–H groups in total. The van der Waals surface area contributed by atoms with E-state index >= 15 is 0 Å². The van der Waals surface area contributed by atoms with Crippen LogP contribution >= 0.6 is 0 Å². The Balaban J connectivity index is 1.76. The fourth-order valence-corrected chi connectivity index (χ4v) is 2.84. The number of hydrogen-bond donors (Lipinski definition) is 1. The van der Waals surface area contributed by atoms with Gasteiger partial charge >= 0.3 is 0 Å². The van der Waals surface area contributed by atoms with Crippen molar-refractivity contribution in [1.29, 1.82) is 0 Å². The second-order valence-electron chi connectivity index (χ2n) is 6.69. The lowest BCUT2D eigenvalue weighted by molar-refractivity contribution is -0.123. The molecule has 0 bridgehead atoms. The molecule has 1 aromatic carbocycles. The number of nitrogens with zero attached hydrogens (tertiary/aromatic N) is 1. The quantitative estimate of drug-likeness (QED) is 0.878. The van der Waals surface area contributed by atoms with Crippen LogP contribution in [0.1, 0.15) is 38.7 Å². The second kappa shape index (κ2) is 7.63. The van der Waals surface area contributed by atoms with Crippen molar-refractivity contribution in [2.45, 2.75) is 45.6 Å². The zero-order chi connectivity index (χ0) is 16.0. The van der Waals surface area contributed by atoms with E-state index in [1.165, 1.54) is 19.3 Å². The number of rotatable bonds is 6. The van der Waals surface area contributed by atoms with E-state index < -0.39 is 0 Å². The number of para-hydroxylation sites is 1. The van der Waals surface area contributed by atoms with E-state index in [2.05, 4.69) is 24.1 Å². The van der Waals surface area contributed by atoms with Gasteiger partial charge in [-0.05, 0) is 58.3 Å². The topological polar surface area (TPSA) is 41.6 Å². The van der Waals surface area contributed by atoms with Gasteiger partial charge in [0.05, 0.1) is 0 Å². The number of piperidine rings is 1. The first-order valence-corrected chi connectivity index (χ1v) is 8.19. The van der Waals surface area contributed by atoms with Crippen LogP contribution in [0.2, 0.25) is 0 Å². The van der Waals surface area contributed by atoms with Crippen molar-refractivity contribution in [2.24, 2.45) is 0 Å². The lowest BCUT2D eigenvalue weighted by atomic mass is 9.98. The molecule has 122 valence electrons. The largest absolute Gasteiger partial charge is 0.484 e. The minimum Gasteiger partial charge on any atom is -0.484 e. The standard InChI is InChI=1S/C18H28N2O2/c1-15-9-5-6-10-16(15)22-13-17(21)19-14-18(2,3)20-11-7-4-8-12-20/h5-6,9-10H,4,7-8,11-14H2,1-3H3,(H,19,21). The van der Waals surface area contributed by atoms with E-state index in [1.807, 2.05) is 31.2 Å². The Morgan fingerprint density at radius 3 is 2.59 bits per heavy atom. The summed E-state index contributed by atoms with van der Waals surface area (Å²) in [5, 5.41) is 3.00. The Hall–Kier alpha value is -1.55. The first-order valence-electron chi connectivity index (χ1n) is 8.19. The summed E-state index contributed by atoms with van der Waals surface area (Å²) in [6.45, 7) is 9.35. The predicted molar refractivity (Wildman–Crippen MR) is 89.2 cm³/mol. The number of amides is 1. The fraction of sp³-hybridized carbons (Fsp3) is 0.611. The zero-order valence-electron chi connectivity index (χ0n) is 14.0. The molecule has 0 unspecified atom stereocenters. The van der Waals surface area contributed by atoms with Gasteiger partial charge in [0.1, 0.15) is 5.75 Å². The number of carbonyl (C=O) groups is 1. The number of nitrogens with one attached hydrogen (secondary N) is 1. The van der Waals surface area contributed by atoms with Gasteiger partial charge in [0.15, 0.2) is 6.61 Å². The van der Waals surface area contributed by atoms with Crippen molar-refractivity contribution in [1.82, 2.24) is 10.2 Å². The molecule has 1 heterocycles. The predicted octanol–water partition coefficient (Wildman–Crippen LogP) is 2.75. The van der Waals surface area contributed by atoms with E-state index in [4.69, 9.17) is 4.74 Å². The molecule has 2 rings (SSSR count). The summed E-state index contributed by atoms with van der Waals surface area (Å²) in [5.41, 5.74) is 1.04. The number of benzene rings is 1. The molecule has 0 radical (unpaired) electrons. The number of likely N-dealkylation sites (tertiary alicyclic amines) is 1. The van der Waals surface area contributed by atoms with E-state index in [0.29, 0.717) is 6.54 Å². The molecular formula is C18H28N2O2. The lowest BCUT2D eigenvalue weighted by Gasteiger charge is -2.41. The molecule has 1 amide bonds. The van der Waals surface area contributed by atoms with Gasteiger partial charge < -0.3 is 10.1 Å². The van der Waals surface area contributed by atoms with E-state index in [9.17, 15) is 4.79 Å². The van der Waals surface area contributed by atoms with E-state index in [-0.39, 0.29) is 18.1 Å². The smallest absolute Gasteiger partial charge is 0.258 e. The molecule has 0 aliphatic carbocycles. The molecule has 0 spiro atoms. The molecule has 1 saturated heterocycles. The molecule has 4 heteroatoms. The Bertz CT molecular complexity index is 494. The number of carbonyl (C=O) groups excluding carboxylic acids is 1. The monoisotopic (exact) mass is 304 g/mol. The van der Waals surface area contributed by atoms with Crippen molar-refractivity contribution in [3.8, 4) is 5.75 Å². The van der Waals surface area contributed by atoms with Gasteiger partial charge in [0, 0.05) is 12.1 Å². The first-order chi connectivity index (χ1) is 10.5. The summed E-state index contributed by atoms with van der Waals surface area (Å²) >= 11 is 0. The third-order valence-electron chi connectivity index (χ3n) is 4.38. The maximum Gasteiger partial charge on any atom is 0.258 e. The first kappa shape index (κ1) is 16.8. The highest BCUT2D eigenvalue weighted by Gasteiger charge is 2.28. The van der Waals surface area contributed by atoms with Crippen LogP contribution in [0.25, 0.3) is 0 Å². The van der Waals surface area contributed by atoms with Crippen LogP contribution < -0.4 is 10.1 Å². The van der Waals surface area contributed by atoms with Crippen molar-refractivity contribution in [3.63, 3.8) is 0 Å². The summed E-state index contributed by atoms with van der Waals surface area (Å²) in [5.74, 6) is 0.710. The van der Waals surface area contributed by atoms with Gasteiger partial charge in [-0.25, -0.2) is 0 Å². The summed E-state index contributed by atoms with van der Waals surface area (Å²) in [6.07, 6.45) is 3.84. The summed E-state index contributed by atoms with van der Waals surface area (Å²) in [6, 6.07) is 7.75. The average Bonchev–Trinajstić information content (AvgIpc) is 2.53. The summed E-state index contributed by atoms with van der Waals surface area (Å²) < 4.78 is 5.58. The molecule has 22 heavy (non-hydrogen) atoms. The average molecular weight is 304 g/mol. The van der Waals surface area contributed by atoms with Crippen molar-refractivity contribution < 1.29 is 9.53 Å². The van der Waals surface area contributed by atoms with Gasteiger partial charge in [-0.1, -0.05) is 24.6 Å². The lowest BCUT2D eigenvalue weighted by Crippen LogP contribution is -2.53. The van der Waals surface area contributed by atoms with Crippen LogP contribution in [0.5, 0.6) is 5.75 Å². The van der Waals surface area contributed by atoms with Crippen LogP contribution in [-0.2, 0) is 4.79 Å². The Morgan fingerprint density at radius 2 is 1.91 bits per heavy atom. The molecule has 0 atom stereocenters. The summed E-state index contributed by atoms with van der Waals surface area (Å²) in [4.78, 5) is 14.5. The summed E-state index contributed by atoms with van der Waals surface area (Å²) in [7, 11) is 0. The normalized spacial score (nSPS) is 16.3. The van der Waals surface area contributed by atoms with Crippen molar-refractivity contribution >= 4 is 5.91 Å². The molecular weight excluding hydrogens is 276 g/mol. The van der Waals surface area contributed by atoms with E-state index in [1.54, 1.807) is 0 Å². The third kappa shape index (κ3) is 4.73. The van der Waals surface area contributed by atoms with Crippen LogP contribution in [0.15, 0.2) is 24.3 Å². The minimum atomic E-state index is -0.0617. The Morgan fingerprint density at radius 1 is 1.23 bits per heavy atom. The molecule has 4 nitrogen and oxygen atoms in total. The van der Waals surface area contributed by atoms with Crippen LogP contribution in [0.3, 0.4) is 0 Å². The van der Waals surface area contributed by atoms with Gasteiger partial charge in [-0.3, -0.25) is 9.69 Å². The fourth-order valence-electron chi connectivity index (χ4n) is 2.84. The molecule has 1 aliphatic heterocycles. The second-order valence-corrected chi connectivity index (χ2v) is 6.69. The van der Waals surface area contributed by atoms with Gasteiger partial charge in [0.25, 0.3) is 5.91 Å². The van der Waals surface area contributed by atoms with Gasteiger partial charge in [0.2, 0.25) is 0 Å². The third-order valence-corrected chi connectivity index (χ3v) is 4.38.